The number of imidazole rings is 1. The van der Waals surface area contributed by atoms with Gasteiger partial charge in [0.2, 0.25) is 5.76 Å². The van der Waals surface area contributed by atoms with E-state index in [0.717, 1.165) is 16.8 Å². The molecule has 0 unspecified atom stereocenters. The summed E-state index contributed by atoms with van der Waals surface area (Å²) in [5, 5.41) is 9.89. The highest BCUT2D eigenvalue weighted by molar-refractivity contribution is 7.99. The summed E-state index contributed by atoms with van der Waals surface area (Å²) < 4.78 is 10.3. The Morgan fingerprint density at radius 3 is 2.95 bits per heavy atom. The summed E-state index contributed by atoms with van der Waals surface area (Å²) in [4.78, 5) is 18.2. The molecule has 2 aromatic heterocycles. The largest absolute Gasteiger partial charge is 0.497 e. The first-order valence-corrected chi connectivity index (χ1v) is 6.52. The molecular formula is C13H10N2O4S. The molecule has 0 saturated heterocycles. The van der Waals surface area contributed by atoms with E-state index < -0.39 is 5.97 Å². The van der Waals surface area contributed by atoms with Gasteiger partial charge in [-0.25, -0.2) is 9.78 Å². The van der Waals surface area contributed by atoms with E-state index in [0.29, 0.717) is 10.2 Å². The zero-order valence-corrected chi connectivity index (χ0v) is 11.2. The highest BCUT2D eigenvalue weighted by Gasteiger charge is 2.12. The predicted octanol–water partition coefficient (Wildman–Crippen LogP) is 3.01. The SMILES string of the molecule is COc1ccc2nc(Sc3ccc(C(=O)O)o3)[nH]c2c1. The van der Waals surface area contributed by atoms with E-state index in [2.05, 4.69) is 9.97 Å². The van der Waals surface area contributed by atoms with E-state index in [1.165, 1.54) is 17.8 Å². The van der Waals surface area contributed by atoms with E-state index in [1.807, 2.05) is 18.2 Å². The highest BCUT2D eigenvalue weighted by Crippen LogP contribution is 2.29. The van der Waals surface area contributed by atoms with E-state index in [4.69, 9.17) is 14.3 Å². The fraction of sp³-hybridized carbons (Fsp3) is 0.0769. The van der Waals surface area contributed by atoms with Crippen LogP contribution in [-0.2, 0) is 0 Å². The van der Waals surface area contributed by atoms with Crippen molar-refractivity contribution in [3.05, 3.63) is 36.1 Å². The molecule has 0 bridgehead atoms. The Morgan fingerprint density at radius 1 is 1.40 bits per heavy atom. The van der Waals surface area contributed by atoms with Crippen molar-refractivity contribution in [3.63, 3.8) is 0 Å². The lowest BCUT2D eigenvalue weighted by molar-refractivity contribution is 0.0656. The van der Waals surface area contributed by atoms with Crippen molar-refractivity contribution < 1.29 is 19.1 Å². The fourth-order valence-corrected chi connectivity index (χ4v) is 2.49. The third-order valence-electron chi connectivity index (χ3n) is 2.66. The Bertz CT molecular complexity index is 778. The van der Waals surface area contributed by atoms with Gasteiger partial charge in [-0.05, 0) is 36.0 Å². The zero-order chi connectivity index (χ0) is 14.1. The molecular weight excluding hydrogens is 280 g/mol. The van der Waals surface area contributed by atoms with Gasteiger partial charge >= 0.3 is 5.97 Å². The Kier molecular flexibility index (Phi) is 3.11. The molecule has 2 N–H and O–H groups in total. The molecule has 102 valence electrons. The molecule has 0 aliphatic rings. The number of furan rings is 1. The lowest BCUT2D eigenvalue weighted by Crippen LogP contribution is -1.91. The van der Waals surface area contributed by atoms with Crippen LogP contribution in [0.5, 0.6) is 5.75 Å². The van der Waals surface area contributed by atoms with Crippen LogP contribution in [0.15, 0.2) is 45.0 Å². The average molecular weight is 290 g/mol. The Balaban J connectivity index is 1.88. The minimum absolute atomic E-state index is 0.0923. The number of aromatic amines is 1. The fourth-order valence-electron chi connectivity index (χ4n) is 1.73. The molecule has 3 aromatic rings. The molecule has 0 fully saturated rings. The van der Waals surface area contributed by atoms with Gasteiger partial charge in [0.1, 0.15) is 5.75 Å². The Labute approximate surface area is 117 Å². The number of rotatable bonds is 4. The molecule has 0 amide bonds. The minimum Gasteiger partial charge on any atom is -0.497 e. The van der Waals surface area contributed by atoms with Gasteiger partial charge in [0.25, 0.3) is 0 Å². The molecule has 0 radical (unpaired) electrons. The van der Waals surface area contributed by atoms with E-state index >= 15 is 0 Å². The van der Waals surface area contributed by atoms with Crippen molar-refractivity contribution in [1.82, 2.24) is 9.97 Å². The van der Waals surface area contributed by atoms with Crippen molar-refractivity contribution >= 4 is 28.8 Å². The summed E-state index contributed by atoms with van der Waals surface area (Å²) in [6.45, 7) is 0. The quantitative estimate of drug-likeness (QED) is 0.768. The summed E-state index contributed by atoms with van der Waals surface area (Å²) in [5.41, 5.74) is 1.65. The molecule has 2 heterocycles. The number of aromatic carboxylic acids is 1. The maximum absolute atomic E-state index is 10.7. The molecule has 0 spiro atoms. The summed E-state index contributed by atoms with van der Waals surface area (Å²) >= 11 is 1.23. The van der Waals surface area contributed by atoms with Crippen molar-refractivity contribution in [1.29, 1.82) is 0 Å². The van der Waals surface area contributed by atoms with Crippen LogP contribution in [0.25, 0.3) is 11.0 Å². The molecule has 1 aromatic carbocycles. The van der Waals surface area contributed by atoms with Crippen molar-refractivity contribution in [2.45, 2.75) is 10.2 Å². The Morgan fingerprint density at radius 2 is 2.25 bits per heavy atom. The number of hydrogen-bond donors (Lipinski definition) is 2. The van der Waals surface area contributed by atoms with Gasteiger partial charge in [-0.3, -0.25) is 0 Å². The molecule has 0 saturated carbocycles. The number of benzene rings is 1. The van der Waals surface area contributed by atoms with Crippen LogP contribution in [0, 0.1) is 0 Å². The van der Waals surface area contributed by atoms with Crippen LogP contribution in [0.3, 0.4) is 0 Å². The van der Waals surface area contributed by atoms with Crippen molar-refractivity contribution in [3.8, 4) is 5.75 Å². The number of methoxy groups -OCH3 is 1. The number of hydrogen-bond acceptors (Lipinski definition) is 5. The first kappa shape index (κ1) is 12.6. The van der Waals surface area contributed by atoms with Gasteiger partial charge in [-0.1, -0.05) is 0 Å². The summed E-state index contributed by atoms with van der Waals surface area (Å²) in [7, 11) is 1.60. The van der Waals surface area contributed by atoms with E-state index in [-0.39, 0.29) is 5.76 Å². The third kappa shape index (κ3) is 2.35. The number of fused-ring (bicyclic) bond motifs is 1. The van der Waals surface area contributed by atoms with E-state index in [1.54, 1.807) is 13.2 Å². The second kappa shape index (κ2) is 4.93. The zero-order valence-electron chi connectivity index (χ0n) is 10.4. The van der Waals surface area contributed by atoms with Gasteiger partial charge in [0.15, 0.2) is 10.2 Å². The molecule has 7 heteroatoms. The van der Waals surface area contributed by atoms with Crippen LogP contribution < -0.4 is 4.74 Å². The van der Waals surface area contributed by atoms with Crippen molar-refractivity contribution in [2.75, 3.05) is 7.11 Å². The molecule has 0 aliphatic heterocycles. The van der Waals surface area contributed by atoms with Gasteiger partial charge in [0.05, 0.1) is 18.1 Å². The van der Waals surface area contributed by atoms with Crippen LogP contribution >= 0.6 is 11.8 Å². The monoisotopic (exact) mass is 290 g/mol. The Hall–Kier alpha value is -2.41. The van der Waals surface area contributed by atoms with Crippen LogP contribution in [-0.4, -0.2) is 28.2 Å². The number of carbonyl (C=O) groups is 1. The summed E-state index contributed by atoms with van der Waals surface area (Å²) in [6, 6.07) is 8.53. The standard InChI is InChI=1S/C13H10N2O4S/c1-18-7-2-3-8-9(6-7)15-13(14-8)20-11-5-4-10(19-11)12(16)17/h2-6H,1H3,(H,14,15)(H,16,17). The normalized spacial score (nSPS) is 10.8. The molecule has 20 heavy (non-hydrogen) atoms. The van der Waals surface area contributed by atoms with Gasteiger partial charge in [-0.2, -0.15) is 0 Å². The maximum atomic E-state index is 10.7. The van der Waals surface area contributed by atoms with Crippen LogP contribution in [0.4, 0.5) is 0 Å². The number of carboxylic acids is 1. The number of ether oxygens (including phenoxy) is 1. The van der Waals surface area contributed by atoms with Gasteiger partial charge < -0.3 is 19.2 Å². The second-order valence-electron chi connectivity index (χ2n) is 3.95. The lowest BCUT2D eigenvalue weighted by atomic mass is 10.3. The lowest BCUT2D eigenvalue weighted by Gasteiger charge is -1.96. The van der Waals surface area contributed by atoms with Gasteiger partial charge in [0, 0.05) is 6.07 Å². The predicted molar refractivity (Wildman–Crippen MR) is 72.4 cm³/mol. The van der Waals surface area contributed by atoms with Crippen LogP contribution in [0.1, 0.15) is 10.6 Å². The van der Waals surface area contributed by atoms with E-state index in [9.17, 15) is 4.79 Å². The second-order valence-corrected chi connectivity index (χ2v) is 4.94. The smallest absolute Gasteiger partial charge is 0.371 e. The average Bonchev–Trinajstić information content (AvgIpc) is 3.04. The third-order valence-corrected chi connectivity index (χ3v) is 3.46. The molecule has 3 rings (SSSR count). The first-order valence-electron chi connectivity index (χ1n) is 5.70. The number of nitrogens with zero attached hydrogens (tertiary/aromatic N) is 1. The summed E-state index contributed by atoms with van der Waals surface area (Å²) in [5.74, 6) is -0.444. The molecule has 6 nitrogen and oxygen atoms in total. The summed E-state index contributed by atoms with van der Waals surface area (Å²) in [6.07, 6.45) is 0. The number of carboxylic acid groups (broad SMARTS) is 1. The highest BCUT2D eigenvalue weighted by atomic mass is 32.2. The minimum atomic E-state index is -1.09. The first-order chi connectivity index (χ1) is 9.65. The van der Waals surface area contributed by atoms with Crippen LogP contribution in [0.2, 0.25) is 0 Å². The van der Waals surface area contributed by atoms with Gasteiger partial charge in [-0.15, -0.1) is 0 Å². The number of aromatic nitrogens is 2. The van der Waals surface area contributed by atoms with Crippen molar-refractivity contribution in [2.24, 2.45) is 0 Å². The molecule has 0 aliphatic carbocycles. The number of nitrogens with one attached hydrogen (secondary N) is 1. The maximum Gasteiger partial charge on any atom is 0.371 e. The number of H-pyrrole nitrogens is 1. The topological polar surface area (TPSA) is 88.3 Å². The molecule has 0 atom stereocenters.